The second kappa shape index (κ2) is 8.17. The fraction of sp³-hybridized carbons (Fsp3) is 0.222. The molecule has 2 amide bonds. The SMILES string of the molecule is COc1ccc(S(=O)(=O)N[C@H](CN2C(=O)COC2=O)c2ccccc2)cc1Cl. The van der Waals surface area contributed by atoms with Crippen molar-refractivity contribution in [2.24, 2.45) is 0 Å². The second-order valence-corrected chi connectivity index (χ2v) is 8.06. The molecule has 1 heterocycles. The molecule has 1 aliphatic rings. The standard InChI is InChI=1S/C18H17ClN2O6S/c1-26-16-8-7-13(9-14(16)19)28(24,25)20-15(12-5-3-2-4-6-12)10-21-17(22)11-27-18(21)23/h2-9,15,20H,10-11H2,1H3/t15-/m1/s1. The van der Waals surface area contributed by atoms with Gasteiger partial charge in [-0.1, -0.05) is 41.9 Å². The Kier molecular flexibility index (Phi) is 5.87. The highest BCUT2D eigenvalue weighted by atomic mass is 35.5. The number of benzene rings is 2. The van der Waals surface area contributed by atoms with Gasteiger partial charge in [-0.25, -0.2) is 22.8 Å². The predicted octanol–water partition coefficient (Wildman–Crippen LogP) is 2.35. The van der Waals surface area contributed by atoms with Crippen molar-refractivity contribution in [1.82, 2.24) is 9.62 Å². The number of imide groups is 1. The van der Waals surface area contributed by atoms with E-state index in [1.807, 2.05) is 0 Å². The van der Waals surface area contributed by atoms with Gasteiger partial charge in [0.25, 0.3) is 5.91 Å². The van der Waals surface area contributed by atoms with Gasteiger partial charge in [0.2, 0.25) is 10.0 Å². The minimum Gasteiger partial charge on any atom is -0.495 e. The van der Waals surface area contributed by atoms with Gasteiger partial charge in [0.1, 0.15) is 5.75 Å². The number of sulfonamides is 1. The third kappa shape index (κ3) is 4.27. The quantitative estimate of drug-likeness (QED) is 0.732. The Hall–Kier alpha value is -2.62. The number of nitrogens with zero attached hydrogens (tertiary/aromatic N) is 1. The Morgan fingerprint density at radius 2 is 1.93 bits per heavy atom. The lowest BCUT2D eigenvalue weighted by Gasteiger charge is -2.23. The first kappa shape index (κ1) is 20.1. The third-order valence-corrected chi connectivity index (χ3v) is 5.90. The summed E-state index contributed by atoms with van der Waals surface area (Å²) in [5.74, 6) is -0.191. The Bertz CT molecular complexity index is 980. The van der Waals surface area contributed by atoms with E-state index in [1.165, 1.54) is 25.3 Å². The summed E-state index contributed by atoms with van der Waals surface area (Å²) < 4.78 is 38.0. The van der Waals surface area contributed by atoms with E-state index >= 15 is 0 Å². The Labute approximate surface area is 167 Å². The monoisotopic (exact) mass is 424 g/mol. The molecular formula is C18H17ClN2O6S. The van der Waals surface area contributed by atoms with Crippen LogP contribution in [0.2, 0.25) is 5.02 Å². The van der Waals surface area contributed by atoms with Gasteiger partial charge >= 0.3 is 6.09 Å². The van der Waals surface area contributed by atoms with Crippen LogP contribution in [-0.2, 0) is 19.6 Å². The van der Waals surface area contributed by atoms with Crippen LogP contribution in [0.25, 0.3) is 0 Å². The summed E-state index contributed by atoms with van der Waals surface area (Å²) in [6.07, 6.45) is -0.808. The number of hydrogen-bond acceptors (Lipinski definition) is 6. The summed E-state index contributed by atoms with van der Waals surface area (Å²) in [6.45, 7) is -0.564. The molecule has 148 valence electrons. The average molecular weight is 425 g/mol. The van der Waals surface area contributed by atoms with E-state index in [-0.39, 0.29) is 23.1 Å². The molecule has 2 aromatic carbocycles. The summed E-state index contributed by atoms with van der Waals surface area (Å²) in [6, 6.07) is 11.8. The zero-order valence-corrected chi connectivity index (χ0v) is 16.4. The van der Waals surface area contributed by atoms with Crippen LogP contribution in [0, 0.1) is 0 Å². The van der Waals surface area contributed by atoms with Gasteiger partial charge in [-0.05, 0) is 23.8 Å². The maximum absolute atomic E-state index is 12.9. The molecule has 1 saturated heterocycles. The molecule has 10 heteroatoms. The number of carbonyl (C=O) groups is 2. The van der Waals surface area contributed by atoms with E-state index in [2.05, 4.69) is 4.72 Å². The maximum atomic E-state index is 12.9. The summed E-state index contributed by atoms with van der Waals surface area (Å²) in [7, 11) is -2.59. The summed E-state index contributed by atoms with van der Waals surface area (Å²) in [5, 5.41) is 0.139. The van der Waals surface area contributed by atoms with Crippen molar-refractivity contribution in [3.63, 3.8) is 0 Å². The van der Waals surface area contributed by atoms with Gasteiger partial charge in [0.15, 0.2) is 6.61 Å². The molecule has 3 rings (SSSR count). The van der Waals surface area contributed by atoms with Crippen molar-refractivity contribution in [3.8, 4) is 5.75 Å². The lowest BCUT2D eigenvalue weighted by Crippen LogP contribution is -2.40. The first-order valence-corrected chi connectivity index (χ1v) is 10.1. The van der Waals surface area contributed by atoms with Crippen molar-refractivity contribution in [3.05, 3.63) is 59.1 Å². The fourth-order valence-corrected chi connectivity index (χ4v) is 4.27. The van der Waals surface area contributed by atoms with Crippen LogP contribution in [0.1, 0.15) is 11.6 Å². The topological polar surface area (TPSA) is 102 Å². The van der Waals surface area contributed by atoms with E-state index < -0.39 is 28.1 Å². The van der Waals surface area contributed by atoms with E-state index in [0.717, 1.165) is 4.90 Å². The van der Waals surface area contributed by atoms with Crippen LogP contribution in [0.5, 0.6) is 5.75 Å². The van der Waals surface area contributed by atoms with Crippen molar-refractivity contribution in [2.45, 2.75) is 10.9 Å². The van der Waals surface area contributed by atoms with Gasteiger partial charge in [0, 0.05) is 0 Å². The highest BCUT2D eigenvalue weighted by Gasteiger charge is 2.34. The van der Waals surface area contributed by atoms with Gasteiger partial charge < -0.3 is 9.47 Å². The molecule has 8 nitrogen and oxygen atoms in total. The smallest absolute Gasteiger partial charge is 0.417 e. The van der Waals surface area contributed by atoms with Crippen LogP contribution in [0.4, 0.5) is 4.79 Å². The number of carbonyl (C=O) groups excluding carboxylic acids is 2. The maximum Gasteiger partial charge on any atom is 0.417 e. The van der Waals surface area contributed by atoms with Crippen LogP contribution in [-0.4, -0.2) is 45.6 Å². The zero-order valence-electron chi connectivity index (χ0n) is 14.8. The molecule has 28 heavy (non-hydrogen) atoms. The molecule has 1 atom stereocenters. The second-order valence-electron chi connectivity index (χ2n) is 5.94. The molecule has 0 aromatic heterocycles. The highest BCUT2D eigenvalue weighted by Crippen LogP contribution is 2.28. The molecular weight excluding hydrogens is 408 g/mol. The van der Waals surface area contributed by atoms with Crippen LogP contribution >= 0.6 is 11.6 Å². The molecule has 1 fully saturated rings. The van der Waals surface area contributed by atoms with Gasteiger partial charge in [-0.2, -0.15) is 0 Å². The number of cyclic esters (lactones) is 1. The molecule has 0 radical (unpaired) electrons. The molecule has 0 unspecified atom stereocenters. The number of methoxy groups -OCH3 is 1. The third-order valence-electron chi connectivity index (χ3n) is 4.14. The molecule has 2 aromatic rings. The van der Waals surface area contributed by atoms with Gasteiger partial charge in [0.05, 0.1) is 29.6 Å². The number of halogens is 1. The Morgan fingerprint density at radius 3 is 2.50 bits per heavy atom. The molecule has 0 saturated carbocycles. The van der Waals surface area contributed by atoms with E-state index in [1.54, 1.807) is 30.3 Å². The van der Waals surface area contributed by atoms with Gasteiger partial charge in [-0.3, -0.25) is 4.79 Å². The summed E-state index contributed by atoms with van der Waals surface area (Å²) >= 11 is 6.03. The Morgan fingerprint density at radius 1 is 1.21 bits per heavy atom. The van der Waals surface area contributed by atoms with E-state index in [4.69, 9.17) is 21.1 Å². The number of amides is 2. The molecule has 0 spiro atoms. The van der Waals surface area contributed by atoms with Crippen molar-refractivity contribution in [1.29, 1.82) is 0 Å². The number of hydrogen-bond donors (Lipinski definition) is 1. The molecule has 1 aliphatic heterocycles. The number of rotatable bonds is 7. The van der Waals surface area contributed by atoms with Crippen LogP contribution in [0.15, 0.2) is 53.4 Å². The van der Waals surface area contributed by atoms with Crippen molar-refractivity contribution in [2.75, 3.05) is 20.3 Å². The highest BCUT2D eigenvalue weighted by molar-refractivity contribution is 7.89. The minimum absolute atomic E-state index is 0.0745. The summed E-state index contributed by atoms with van der Waals surface area (Å²) in [4.78, 5) is 24.5. The van der Waals surface area contributed by atoms with Crippen LogP contribution in [0.3, 0.4) is 0 Å². The van der Waals surface area contributed by atoms with Gasteiger partial charge in [-0.15, -0.1) is 0 Å². The largest absolute Gasteiger partial charge is 0.495 e. The van der Waals surface area contributed by atoms with E-state index in [9.17, 15) is 18.0 Å². The lowest BCUT2D eigenvalue weighted by molar-refractivity contribution is -0.126. The van der Waals surface area contributed by atoms with E-state index in [0.29, 0.717) is 11.3 Å². The summed E-state index contributed by atoms with van der Waals surface area (Å²) in [5.41, 5.74) is 0.582. The average Bonchev–Trinajstić information content (AvgIpc) is 3.00. The first-order chi connectivity index (χ1) is 13.3. The Balaban J connectivity index is 1.91. The minimum atomic E-state index is -4.01. The molecule has 0 bridgehead atoms. The first-order valence-electron chi connectivity index (χ1n) is 8.20. The normalized spacial score (nSPS) is 15.4. The number of nitrogens with one attached hydrogen (secondary N) is 1. The van der Waals surface area contributed by atoms with Crippen LogP contribution < -0.4 is 9.46 Å². The molecule has 1 N–H and O–H groups in total. The van der Waals surface area contributed by atoms with Crippen molar-refractivity contribution >= 4 is 33.6 Å². The lowest BCUT2D eigenvalue weighted by atomic mass is 10.1. The fourth-order valence-electron chi connectivity index (χ4n) is 2.71. The zero-order chi connectivity index (χ0) is 20.3. The van der Waals surface area contributed by atoms with Crippen molar-refractivity contribution < 1.29 is 27.5 Å². The molecule has 0 aliphatic carbocycles. The predicted molar refractivity (Wildman–Crippen MR) is 101 cm³/mol. The number of ether oxygens (including phenoxy) is 2.